The second-order valence-electron chi connectivity index (χ2n) is 1.70. The predicted octanol–water partition coefficient (Wildman–Crippen LogP) is 0.962. The SMILES string of the molecule is CC[O][Sb](=[O])([O]CC)[O]CC. The van der Waals surface area contributed by atoms with Crippen LogP contribution in [0.1, 0.15) is 20.8 Å². The molecule has 0 aliphatic heterocycles. The molecule has 0 rings (SSSR count). The van der Waals surface area contributed by atoms with Gasteiger partial charge in [0.2, 0.25) is 0 Å². The van der Waals surface area contributed by atoms with Crippen LogP contribution < -0.4 is 0 Å². The van der Waals surface area contributed by atoms with Crippen molar-refractivity contribution in [1.82, 2.24) is 0 Å². The van der Waals surface area contributed by atoms with Gasteiger partial charge in [-0.05, 0) is 0 Å². The van der Waals surface area contributed by atoms with Crippen LogP contribution in [0.15, 0.2) is 0 Å². The second kappa shape index (κ2) is 6.06. The average molecular weight is 273 g/mol. The van der Waals surface area contributed by atoms with Gasteiger partial charge in [-0.15, -0.1) is 0 Å². The Balaban J connectivity index is 3.91. The van der Waals surface area contributed by atoms with Crippen LogP contribution in [0.25, 0.3) is 0 Å². The van der Waals surface area contributed by atoms with Crippen molar-refractivity contribution in [3.8, 4) is 0 Å². The van der Waals surface area contributed by atoms with Gasteiger partial charge in [-0.1, -0.05) is 0 Å². The van der Waals surface area contributed by atoms with Gasteiger partial charge in [0.25, 0.3) is 0 Å². The van der Waals surface area contributed by atoms with Crippen LogP contribution in [0.2, 0.25) is 0 Å². The molecule has 4 nitrogen and oxygen atoms in total. The van der Waals surface area contributed by atoms with E-state index in [2.05, 4.69) is 0 Å². The topological polar surface area (TPSA) is 44.8 Å². The summed E-state index contributed by atoms with van der Waals surface area (Å²) in [5, 5.41) is 0. The summed E-state index contributed by atoms with van der Waals surface area (Å²) in [6.07, 6.45) is 0. The van der Waals surface area contributed by atoms with Crippen molar-refractivity contribution in [1.29, 1.82) is 0 Å². The second-order valence-corrected chi connectivity index (χ2v) is 6.46. The van der Waals surface area contributed by atoms with Crippen LogP contribution in [0.4, 0.5) is 0 Å². The zero-order chi connectivity index (χ0) is 8.74. The van der Waals surface area contributed by atoms with Crippen molar-refractivity contribution in [3.63, 3.8) is 0 Å². The predicted molar refractivity (Wildman–Crippen MR) is 41.3 cm³/mol. The van der Waals surface area contributed by atoms with Crippen LogP contribution in [0.5, 0.6) is 0 Å². The van der Waals surface area contributed by atoms with E-state index in [1.54, 1.807) is 20.8 Å². The summed E-state index contributed by atoms with van der Waals surface area (Å²) in [5.41, 5.74) is 0. The number of hydrogen-bond donors (Lipinski definition) is 0. The van der Waals surface area contributed by atoms with Crippen LogP contribution in [0, 0.1) is 0 Å². The normalized spacial score (nSPS) is 11.9. The summed E-state index contributed by atoms with van der Waals surface area (Å²) in [7, 11) is 0. The third-order valence-corrected chi connectivity index (χ3v) is 5.78. The Bertz CT molecular complexity index is 113. The van der Waals surface area contributed by atoms with E-state index in [-0.39, 0.29) is 0 Å². The van der Waals surface area contributed by atoms with Crippen molar-refractivity contribution in [2.24, 2.45) is 0 Å². The molecule has 0 spiro atoms. The zero-order valence-electron chi connectivity index (χ0n) is 7.20. The molecule has 0 aromatic heterocycles. The summed E-state index contributed by atoms with van der Waals surface area (Å²) in [6.45, 7) is 6.40. The quantitative estimate of drug-likeness (QED) is 0.676. The first-order valence-electron chi connectivity index (χ1n) is 3.72. The molecule has 0 saturated heterocycles. The van der Waals surface area contributed by atoms with Crippen LogP contribution in [-0.2, 0) is 12.1 Å². The molecular weight excluding hydrogens is 258 g/mol. The molecule has 0 aliphatic rings. The number of rotatable bonds is 6. The first-order valence-corrected chi connectivity index (χ1v) is 7.89. The molecule has 0 heterocycles. The van der Waals surface area contributed by atoms with E-state index >= 15 is 0 Å². The Morgan fingerprint density at radius 2 is 1.18 bits per heavy atom. The van der Waals surface area contributed by atoms with Crippen molar-refractivity contribution >= 4 is 20.1 Å². The molecule has 0 saturated carbocycles. The zero-order valence-corrected chi connectivity index (χ0v) is 9.75. The molecule has 68 valence electrons. The standard InChI is InChI=1S/3C2H5O.O.Sb/c3*1-2-3;;/h3*2H2,1H3;;/q3*-1;;+3. The minimum absolute atomic E-state index is 0.370. The van der Waals surface area contributed by atoms with E-state index in [0.717, 1.165) is 0 Å². The first kappa shape index (κ1) is 11.5. The Hall–Kier alpha value is 0.498. The van der Waals surface area contributed by atoms with Gasteiger partial charge in [-0.2, -0.15) is 0 Å². The van der Waals surface area contributed by atoms with Crippen molar-refractivity contribution in [3.05, 3.63) is 0 Å². The van der Waals surface area contributed by atoms with Crippen LogP contribution in [-0.4, -0.2) is 39.9 Å². The third kappa shape index (κ3) is 4.85. The molecule has 11 heavy (non-hydrogen) atoms. The third-order valence-electron chi connectivity index (χ3n) is 0.862. The van der Waals surface area contributed by atoms with E-state index in [0.29, 0.717) is 19.8 Å². The molecule has 5 heteroatoms. The summed E-state index contributed by atoms with van der Waals surface area (Å²) in [4.78, 5) is 0. The summed E-state index contributed by atoms with van der Waals surface area (Å²) >= 11 is -4.12. The Morgan fingerprint density at radius 3 is 1.36 bits per heavy atom. The summed E-state index contributed by atoms with van der Waals surface area (Å²) in [5.74, 6) is 0. The molecule has 0 bridgehead atoms. The molecule has 0 aliphatic carbocycles. The van der Waals surface area contributed by atoms with E-state index in [9.17, 15) is 3.02 Å². The fraction of sp³-hybridized carbons (Fsp3) is 1.00. The maximum atomic E-state index is 11.4. The fourth-order valence-electron chi connectivity index (χ4n) is 0.586. The van der Waals surface area contributed by atoms with Crippen LogP contribution >= 0.6 is 0 Å². The van der Waals surface area contributed by atoms with Crippen molar-refractivity contribution in [2.75, 3.05) is 19.8 Å². The Kier molecular flexibility index (Phi) is 6.34. The monoisotopic (exact) mass is 272 g/mol. The minimum atomic E-state index is -4.12. The van der Waals surface area contributed by atoms with E-state index < -0.39 is 20.1 Å². The molecule has 0 N–H and O–H groups in total. The first-order chi connectivity index (χ1) is 5.18. The molecule has 0 radical (unpaired) electrons. The van der Waals surface area contributed by atoms with Gasteiger partial charge in [0.15, 0.2) is 0 Å². The summed E-state index contributed by atoms with van der Waals surface area (Å²) in [6, 6.07) is 0. The van der Waals surface area contributed by atoms with E-state index in [1.165, 1.54) is 0 Å². The van der Waals surface area contributed by atoms with Gasteiger partial charge < -0.3 is 0 Å². The molecule has 0 aromatic rings. The van der Waals surface area contributed by atoms with Gasteiger partial charge in [-0.25, -0.2) is 0 Å². The Morgan fingerprint density at radius 1 is 0.909 bits per heavy atom. The Labute approximate surface area is 72.9 Å². The van der Waals surface area contributed by atoms with Gasteiger partial charge in [0.05, 0.1) is 0 Å². The van der Waals surface area contributed by atoms with Gasteiger partial charge in [0.1, 0.15) is 0 Å². The molecule has 0 atom stereocenters. The van der Waals surface area contributed by atoms with Gasteiger partial charge >= 0.3 is 72.7 Å². The average Bonchev–Trinajstić information content (AvgIpc) is 1.88. The van der Waals surface area contributed by atoms with Crippen molar-refractivity contribution in [2.45, 2.75) is 20.8 Å². The van der Waals surface area contributed by atoms with E-state index in [4.69, 9.17) is 9.05 Å². The van der Waals surface area contributed by atoms with Crippen LogP contribution in [0.3, 0.4) is 0 Å². The van der Waals surface area contributed by atoms with Crippen molar-refractivity contribution < 1.29 is 12.1 Å². The molecular formula is C6H15O4Sb. The van der Waals surface area contributed by atoms with E-state index in [1.807, 2.05) is 0 Å². The molecule has 0 fully saturated rings. The molecule has 0 unspecified atom stereocenters. The molecule has 0 aromatic carbocycles. The fourth-order valence-corrected chi connectivity index (χ4v) is 3.93. The number of hydrogen-bond acceptors (Lipinski definition) is 4. The van der Waals surface area contributed by atoms with Gasteiger partial charge in [-0.3, -0.25) is 0 Å². The maximum absolute atomic E-state index is 11.4. The molecule has 0 amide bonds. The summed E-state index contributed by atoms with van der Waals surface area (Å²) < 4.78 is 26.2. The van der Waals surface area contributed by atoms with Gasteiger partial charge in [0, 0.05) is 0 Å².